The largest absolute Gasteiger partial charge is 0.341 e. The molecule has 6 nitrogen and oxygen atoms in total. The zero-order valence-corrected chi connectivity index (χ0v) is 16.5. The van der Waals surface area contributed by atoms with Gasteiger partial charge in [0.1, 0.15) is 0 Å². The van der Waals surface area contributed by atoms with Crippen molar-refractivity contribution in [2.45, 2.75) is 69.1 Å². The van der Waals surface area contributed by atoms with Crippen molar-refractivity contribution in [1.29, 1.82) is 0 Å². The molecule has 7 heteroatoms. The number of sulfonamides is 1. The third-order valence-electron chi connectivity index (χ3n) is 7.30. The molecule has 0 aromatic rings. The molecule has 1 amide bonds. The molecule has 2 aliphatic heterocycles. The number of likely N-dealkylation sites (tertiary alicyclic amines) is 1. The van der Waals surface area contributed by atoms with Crippen LogP contribution in [0.25, 0.3) is 0 Å². The number of hydrogen-bond acceptors (Lipinski definition) is 4. The normalized spacial score (nSPS) is 37.0. The molecule has 0 bridgehead atoms. The molecular weight excluding hydrogens is 350 g/mol. The van der Waals surface area contributed by atoms with Gasteiger partial charge in [0.25, 0.3) is 0 Å². The standard InChI is InChI=1S/C19H33N3O3S/c20-18-9-3-7-15-11-22(13-17(15)18)26(24,25)16-8-4-10-21(12-16)19(23)14-5-1-2-6-14/h14-18H,1-13,20H2. The maximum Gasteiger partial charge on any atom is 0.225 e. The lowest BCUT2D eigenvalue weighted by atomic mass is 9.78. The lowest BCUT2D eigenvalue weighted by Gasteiger charge is -2.35. The van der Waals surface area contributed by atoms with Crippen molar-refractivity contribution in [3.05, 3.63) is 0 Å². The van der Waals surface area contributed by atoms with Crippen LogP contribution in [0.3, 0.4) is 0 Å². The second-order valence-electron chi connectivity index (χ2n) is 8.91. The van der Waals surface area contributed by atoms with Gasteiger partial charge in [0.15, 0.2) is 0 Å². The summed E-state index contributed by atoms with van der Waals surface area (Å²) in [5, 5.41) is -0.432. The average molecular weight is 384 g/mol. The number of carbonyl (C=O) groups excluding carboxylic acids is 1. The Kier molecular flexibility index (Phi) is 5.32. The minimum atomic E-state index is -3.35. The number of nitrogens with zero attached hydrogens (tertiary/aromatic N) is 2. The van der Waals surface area contributed by atoms with Crippen molar-refractivity contribution in [2.75, 3.05) is 26.2 Å². The zero-order valence-electron chi connectivity index (χ0n) is 15.7. The molecule has 4 aliphatic rings. The molecule has 2 heterocycles. The monoisotopic (exact) mass is 383 g/mol. The Hall–Kier alpha value is -0.660. The molecule has 0 radical (unpaired) electrons. The third-order valence-corrected chi connectivity index (χ3v) is 9.54. The van der Waals surface area contributed by atoms with Gasteiger partial charge in [-0.05, 0) is 50.4 Å². The summed E-state index contributed by atoms with van der Waals surface area (Å²) in [6.45, 7) is 2.32. The first-order valence-corrected chi connectivity index (χ1v) is 12.0. The molecule has 2 aliphatic carbocycles. The maximum absolute atomic E-state index is 13.3. The molecule has 26 heavy (non-hydrogen) atoms. The Bertz CT molecular complexity index is 632. The lowest BCUT2D eigenvalue weighted by Crippen LogP contribution is -2.50. The fourth-order valence-electron chi connectivity index (χ4n) is 5.71. The van der Waals surface area contributed by atoms with Gasteiger partial charge in [-0.3, -0.25) is 4.79 Å². The third kappa shape index (κ3) is 3.42. The number of hydrogen-bond donors (Lipinski definition) is 1. The number of nitrogens with two attached hydrogens (primary N) is 1. The molecule has 2 saturated heterocycles. The smallest absolute Gasteiger partial charge is 0.225 e. The van der Waals surface area contributed by atoms with E-state index in [2.05, 4.69) is 0 Å². The molecule has 4 unspecified atom stereocenters. The first-order chi connectivity index (χ1) is 12.5. The number of fused-ring (bicyclic) bond motifs is 1. The topological polar surface area (TPSA) is 83.7 Å². The number of piperidine rings is 1. The van der Waals surface area contributed by atoms with Crippen LogP contribution in [-0.4, -0.2) is 61.0 Å². The van der Waals surface area contributed by atoms with E-state index in [1.807, 2.05) is 4.90 Å². The van der Waals surface area contributed by atoms with Crippen molar-refractivity contribution in [1.82, 2.24) is 9.21 Å². The predicted molar refractivity (Wildman–Crippen MR) is 101 cm³/mol. The number of rotatable bonds is 3. The summed E-state index contributed by atoms with van der Waals surface area (Å²) in [4.78, 5) is 14.6. The van der Waals surface area contributed by atoms with Crippen molar-refractivity contribution in [3.8, 4) is 0 Å². The van der Waals surface area contributed by atoms with Gasteiger partial charge in [-0.1, -0.05) is 19.3 Å². The summed E-state index contributed by atoms with van der Waals surface area (Å²) < 4.78 is 28.3. The van der Waals surface area contributed by atoms with Crippen LogP contribution in [0.5, 0.6) is 0 Å². The van der Waals surface area contributed by atoms with Crippen molar-refractivity contribution >= 4 is 15.9 Å². The zero-order chi connectivity index (χ0) is 18.3. The first-order valence-electron chi connectivity index (χ1n) is 10.5. The van der Waals surface area contributed by atoms with E-state index in [9.17, 15) is 13.2 Å². The Morgan fingerprint density at radius 1 is 0.885 bits per heavy atom. The van der Waals surface area contributed by atoms with Crippen LogP contribution in [0, 0.1) is 17.8 Å². The van der Waals surface area contributed by atoms with E-state index < -0.39 is 15.3 Å². The summed E-state index contributed by atoms with van der Waals surface area (Å²) >= 11 is 0. The molecule has 4 atom stereocenters. The van der Waals surface area contributed by atoms with Crippen molar-refractivity contribution in [3.63, 3.8) is 0 Å². The highest BCUT2D eigenvalue weighted by Crippen LogP contribution is 2.38. The van der Waals surface area contributed by atoms with E-state index in [-0.39, 0.29) is 17.9 Å². The summed E-state index contributed by atoms with van der Waals surface area (Å²) in [6, 6.07) is 0.140. The highest BCUT2D eigenvalue weighted by molar-refractivity contribution is 7.89. The van der Waals surface area contributed by atoms with Gasteiger partial charge in [0.2, 0.25) is 15.9 Å². The van der Waals surface area contributed by atoms with E-state index in [1.54, 1.807) is 4.31 Å². The molecule has 0 aromatic heterocycles. The van der Waals surface area contributed by atoms with Gasteiger partial charge in [-0.2, -0.15) is 0 Å². The van der Waals surface area contributed by atoms with E-state index in [4.69, 9.17) is 5.73 Å². The van der Waals surface area contributed by atoms with Crippen molar-refractivity contribution in [2.24, 2.45) is 23.5 Å². The van der Waals surface area contributed by atoms with Gasteiger partial charge in [-0.15, -0.1) is 0 Å². The van der Waals surface area contributed by atoms with Crippen LogP contribution in [0.4, 0.5) is 0 Å². The van der Waals surface area contributed by atoms with E-state index in [0.29, 0.717) is 37.9 Å². The minimum absolute atomic E-state index is 0.129. The summed E-state index contributed by atoms with van der Waals surface area (Å²) in [7, 11) is -3.35. The van der Waals surface area contributed by atoms with E-state index in [0.717, 1.165) is 57.9 Å². The molecule has 0 aromatic carbocycles. The lowest BCUT2D eigenvalue weighted by molar-refractivity contribution is -0.136. The Balaban J connectivity index is 1.43. The summed E-state index contributed by atoms with van der Waals surface area (Å²) in [5.74, 6) is 1.07. The Labute approximate surface area is 157 Å². The highest BCUT2D eigenvalue weighted by atomic mass is 32.2. The van der Waals surface area contributed by atoms with Crippen LogP contribution in [-0.2, 0) is 14.8 Å². The molecule has 2 saturated carbocycles. The fraction of sp³-hybridized carbons (Fsp3) is 0.947. The Morgan fingerprint density at radius 2 is 1.65 bits per heavy atom. The van der Waals surface area contributed by atoms with E-state index in [1.165, 1.54) is 0 Å². The fourth-order valence-corrected chi connectivity index (χ4v) is 7.74. The van der Waals surface area contributed by atoms with Gasteiger partial charge >= 0.3 is 0 Å². The van der Waals surface area contributed by atoms with Gasteiger partial charge < -0.3 is 10.6 Å². The summed E-state index contributed by atoms with van der Waals surface area (Å²) in [5.41, 5.74) is 6.26. The van der Waals surface area contributed by atoms with Crippen molar-refractivity contribution < 1.29 is 13.2 Å². The molecule has 0 spiro atoms. The highest BCUT2D eigenvalue weighted by Gasteiger charge is 2.46. The second kappa shape index (κ2) is 7.40. The molecular formula is C19H33N3O3S. The number of carbonyl (C=O) groups is 1. The SMILES string of the molecule is NC1CCCC2CN(S(=O)(=O)C3CCCN(C(=O)C4CCCC4)C3)CC12. The summed E-state index contributed by atoms with van der Waals surface area (Å²) in [6.07, 6.45) is 8.90. The predicted octanol–water partition coefficient (Wildman–Crippen LogP) is 1.56. The van der Waals surface area contributed by atoms with Crippen LogP contribution in [0.1, 0.15) is 57.8 Å². The molecule has 4 fully saturated rings. The van der Waals surface area contributed by atoms with Gasteiger partial charge in [-0.25, -0.2) is 12.7 Å². The van der Waals surface area contributed by atoms with Crippen LogP contribution in [0.2, 0.25) is 0 Å². The first kappa shape index (κ1) is 18.7. The molecule has 4 rings (SSSR count). The van der Waals surface area contributed by atoms with E-state index >= 15 is 0 Å². The van der Waals surface area contributed by atoms with Gasteiger partial charge in [0, 0.05) is 38.1 Å². The van der Waals surface area contributed by atoms with Crippen LogP contribution >= 0.6 is 0 Å². The van der Waals surface area contributed by atoms with Crippen LogP contribution < -0.4 is 5.73 Å². The average Bonchev–Trinajstić information content (AvgIpc) is 3.32. The molecule has 2 N–H and O–H groups in total. The second-order valence-corrected chi connectivity index (χ2v) is 11.1. The van der Waals surface area contributed by atoms with Gasteiger partial charge in [0.05, 0.1) is 5.25 Å². The number of amides is 1. The maximum atomic E-state index is 13.3. The Morgan fingerprint density at radius 3 is 2.38 bits per heavy atom. The molecule has 148 valence electrons. The minimum Gasteiger partial charge on any atom is -0.341 e. The quantitative estimate of drug-likeness (QED) is 0.801. The van der Waals surface area contributed by atoms with Crippen LogP contribution in [0.15, 0.2) is 0 Å².